The molecule has 0 heterocycles. The third-order valence-electron chi connectivity index (χ3n) is 1.25. The maximum Gasteiger partial charge on any atom is 0.114 e. The monoisotopic (exact) mass is 415 g/mol. The summed E-state index contributed by atoms with van der Waals surface area (Å²) in [5, 5.41) is 38.9. The van der Waals surface area contributed by atoms with E-state index < -0.39 is 36.4 Å². The van der Waals surface area contributed by atoms with E-state index in [9.17, 15) is 29.7 Å². The van der Waals surface area contributed by atoms with Crippen LogP contribution < -0.4 is 15.3 Å². The third kappa shape index (κ3) is 7.18. The molecule has 0 aromatic carbocycles. The van der Waals surface area contributed by atoms with E-state index >= 15 is 0 Å². The van der Waals surface area contributed by atoms with Gasteiger partial charge in [0.25, 0.3) is 0 Å². The molecular weight excluding hydrogens is 409 g/mol. The smallest absolute Gasteiger partial charge is 0.114 e. The largest absolute Gasteiger partial charge is 0.870 e. The van der Waals surface area contributed by atoms with Gasteiger partial charge in [0, 0.05) is 51.0 Å². The van der Waals surface area contributed by atoms with Gasteiger partial charge in [0.05, 0.1) is 5.97 Å². The van der Waals surface area contributed by atoms with E-state index in [2.05, 4.69) is 0 Å². The van der Waals surface area contributed by atoms with Crippen LogP contribution in [0, 0.1) is 0 Å². The van der Waals surface area contributed by atoms with Crippen molar-refractivity contribution in [1.82, 2.24) is 0 Å². The normalized spacial score (nSPS) is 9.40. The van der Waals surface area contributed by atoms with Gasteiger partial charge in [-0.05, 0) is 0 Å². The van der Waals surface area contributed by atoms with Crippen molar-refractivity contribution in [3.63, 3.8) is 0 Å². The number of carboxylic acids is 3. The van der Waals surface area contributed by atoms with Crippen molar-refractivity contribution in [1.29, 1.82) is 0 Å². The van der Waals surface area contributed by atoms with Gasteiger partial charge < -0.3 is 40.3 Å². The first-order valence-corrected chi connectivity index (χ1v) is 3.11. The quantitative estimate of drug-likeness (QED) is 0.433. The Hall–Kier alpha value is -0.787. The number of rotatable bonds is 5. The molecule has 15 heavy (non-hydrogen) atoms. The second kappa shape index (κ2) is 7.50. The van der Waals surface area contributed by atoms with Crippen molar-refractivity contribution in [3.8, 4) is 0 Å². The summed E-state index contributed by atoms with van der Waals surface area (Å²) in [7, 11) is 0. The Labute approximate surface area is 103 Å². The topological polar surface area (TPSA) is 171 Å². The van der Waals surface area contributed by atoms with Gasteiger partial charge in [-0.2, -0.15) is 0 Å². The zero-order valence-electron chi connectivity index (χ0n) is 7.21. The van der Waals surface area contributed by atoms with Crippen molar-refractivity contribution in [2.75, 3.05) is 0 Å². The van der Waals surface area contributed by atoms with E-state index in [-0.39, 0.29) is 31.7 Å². The molecule has 8 nitrogen and oxygen atoms in total. The molecular formula is C6H6BiO8-4. The standard InChI is InChI=1S/C6H8O7.Bi.H2O/c7-3(8)1-6(13,5(11)12)2-4(9)10;;/h13H,1-2H2,(H,7,8)(H,9,10)(H,11,12);;1H2/p-4. The molecule has 0 bridgehead atoms. The molecule has 3 radical (unpaired) electrons. The fraction of sp³-hybridized carbons (Fsp3) is 0.500. The molecule has 0 aromatic heterocycles. The number of hydrogen-bond donors (Lipinski definition) is 1. The van der Waals surface area contributed by atoms with Crippen LogP contribution in [0.25, 0.3) is 0 Å². The molecule has 0 spiro atoms. The molecule has 0 amide bonds. The number of hydrogen-bond acceptors (Lipinski definition) is 8. The Morgan fingerprint density at radius 1 is 1.00 bits per heavy atom. The van der Waals surface area contributed by atoms with E-state index in [1.54, 1.807) is 0 Å². The van der Waals surface area contributed by atoms with Gasteiger partial charge in [-0.3, -0.25) is 0 Å². The maximum absolute atomic E-state index is 10.1. The van der Waals surface area contributed by atoms with Gasteiger partial charge in [-0.1, -0.05) is 0 Å². The maximum atomic E-state index is 10.1. The van der Waals surface area contributed by atoms with Crippen molar-refractivity contribution in [3.05, 3.63) is 0 Å². The summed E-state index contributed by atoms with van der Waals surface area (Å²) in [4.78, 5) is 30.0. The zero-order chi connectivity index (χ0) is 10.6. The van der Waals surface area contributed by atoms with Crippen LogP contribution in [0.1, 0.15) is 12.8 Å². The summed E-state index contributed by atoms with van der Waals surface area (Å²) >= 11 is 0. The van der Waals surface area contributed by atoms with Gasteiger partial charge in [0.2, 0.25) is 0 Å². The van der Waals surface area contributed by atoms with E-state index in [0.29, 0.717) is 0 Å². The first-order valence-electron chi connectivity index (χ1n) is 3.11. The van der Waals surface area contributed by atoms with E-state index in [1.807, 2.05) is 0 Å². The molecule has 0 aliphatic heterocycles. The molecule has 2 N–H and O–H groups in total. The van der Waals surface area contributed by atoms with Gasteiger partial charge in [0.1, 0.15) is 5.60 Å². The zero-order valence-corrected chi connectivity index (χ0v) is 10.7. The molecule has 0 rings (SSSR count). The predicted molar refractivity (Wildman–Crippen MR) is 36.9 cm³/mol. The van der Waals surface area contributed by atoms with Crippen LogP contribution in [0.3, 0.4) is 0 Å². The molecule has 87 valence electrons. The van der Waals surface area contributed by atoms with E-state index in [1.165, 1.54) is 0 Å². The number of aliphatic carboxylic acids is 3. The summed E-state index contributed by atoms with van der Waals surface area (Å²) < 4.78 is 0. The Balaban J connectivity index is -0.000000720. The second-order valence-corrected chi connectivity index (χ2v) is 2.42. The number of aliphatic hydroxyl groups is 1. The average Bonchev–Trinajstić information content (AvgIpc) is 1.82. The van der Waals surface area contributed by atoms with Gasteiger partial charge in [-0.25, -0.2) is 0 Å². The first kappa shape index (κ1) is 19.7. The average molecular weight is 415 g/mol. The Morgan fingerprint density at radius 2 is 1.27 bits per heavy atom. The van der Waals surface area contributed by atoms with Crippen molar-refractivity contribution < 1.29 is 40.3 Å². The predicted octanol–water partition coefficient (Wildman–Crippen LogP) is -5.81. The Kier molecular flexibility index (Phi) is 9.86. The molecule has 9 heteroatoms. The van der Waals surface area contributed by atoms with Crippen molar-refractivity contribution in [2.45, 2.75) is 18.4 Å². The van der Waals surface area contributed by atoms with Crippen LogP contribution in [0.2, 0.25) is 0 Å². The molecule has 0 fully saturated rings. The number of carbonyl (C=O) groups is 3. The summed E-state index contributed by atoms with van der Waals surface area (Å²) in [6, 6.07) is 0. The van der Waals surface area contributed by atoms with Crippen LogP contribution in [0.5, 0.6) is 0 Å². The second-order valence-electron chi connectivity index (χ2n) is 2.42. The summed E-state index contributed by atoms with van der Waals surface area (Å²) in [5.41, 5.74) is -2.97. The SMILES string of the molecule is O=C([O-])CC(O)(CC(=O)[O-])C(=O)[O-].[Bi].[OH-]. The molecule has 0 aliphatic rings. The van der Waals surface area contributed by atoms with Gasteiger partial charge in [-0.15, -0.1) is 0 Å². The third-order valence-corrected chi connectivity index (χ3v) is 1.25. The minimum atomic E-state index is -2.97. The van der Waals surface area contributed by atoms with Crippen LogP contribution in [-0.2, 0) is 14.4 Å². The molecule has 0 saturated carbocycles. The molecule has 0 atom stereocenters. The van der Waals surface area contributed by atoms with E-state index in [4.69, 9.17) is 5.11 Å². The molecule has 0 unspecified atom stereocenters. The van der Waals surface area contributed by atoms with Crippen LogP contribution in [-0.4, -0.2) is 60.3 Å². The van der Waals surface area contributed by atoms with Gasteiger partial charge >= 0.3 is 0 Å². The summed E-state index contributed by atoms with van der Waals surface area (Å²) in [6.45, 7) is 0. The van der Waals surface area contributed by atoms with Crippen LogP contribution >= 0.6 is 0 Å². The number of carbonyl (C=O) groups excluding carboxylic acids is 3. The minimum absolute atomic E-state index is 0. The minimum Gasteiger partial charge on any atom is -0.870 e. The molecule has 0 saturated heterocycles. The number of carboxylic acid groups (broad SMARTS) is 3. The Morgan fingerprint density at radius 3 is 1.40 bits per heavy atom. The van der Waals surface area contributed by atoms with Crippen LogP contribution in [0.15, 0.2) is 0 Å². The summed E-state index contributed by atoms with van der Waals surface area (Å²) in [6.07, 6.45) is -2.72. The fourth-order valence-corrected chi connectivity index (χ4v) is 0.684. The summed E-state index contributed by atoms with van der Waals surface area (Å²) in [5.74, 6) is -5.98. The van der Waals surface area contributed by atoms with E-state index in [0.717, 1.165) is 0 Å². The molecule has 0 aromatic rings. The Bertz CT molecular complexity index is 234. The van der Waals surface area contributed by atoms with Gasteiger partial charge in [0.15, 0.2) is 0 Å². The first-order chi connectivity index (χ1) is 5.78. The molecule has 0 aliphatic carbocycles. The van der Waals surface area contributed by atoms with Crippen LogP contribution in [0.4, 0.5) is 0 Å². The van der Waals surface area contributed by atoms with Crippen molar-refractivity contribution >= 4 is 44.1 Å². The van der Waals surface area contributed by atoms with Crippen molar-refractivity contribution in [2.24, 2.45) is 0 Å². The fourth-order valence-electron chi connectivity index (χ4n) is 0.684.